The first-order chi connectivity index (χ1) is 14.4. The number of nitrogens with one attached hydrogen (secondary N) is 3. The minimum absolute atomic E-state index is 0.347. The summed E-state index contributed by atoms with van der Waals surface area (Å²) >= 11 is 0. The lowest BCUT2D eigenvalue weighted by Crippen LogP contribution is -2.57. The molecule has 0 saturated carbocycles. The Kier molecular flexibility index (Phi) is 12.4. The zero-order valence-electron chi connectivity index (χ0n) is 16.4. The minimum Gasteiger partial charge on any atom is -0.481 e. The van der Waals surface area contributed by atoms with Crippen molar-refractivity contribution in [3.8, 4) is 0 Å². The van der Waals surface area contributed by atoms with E-state index in [1.54, 1.807) is 0 Å². The van der Waals surface area contributed by atoms with Gasteiger partial charge in [-0.2, -0.15) is 0 Å². The predicted molar refractivity (Wildman–Crippen MR) is 101 cm³/mol. The van der Waals surface area contributed by atoms with Gasteiger partial charge in [0.25, 0.3) is 0 Å². The highest BCUT2D eigenvalue weighted by atomic mass is 16.4. The number of carboxylic acid groups (broad SMARTS) is 2. The van der Waals surface area contributed by atoms with E-state index in [9.17, 15) is 28.8 Å². The van der Waals surface area contributed by atoms with E-state index in [1.165, 1.54) is 0 Å². The van der Waals surface area contributed by atoms with Gasteiger partial charge in [-0.05, 0) is 12.8 Å². The molecular formula is C16H27N5O10. The van der Waals surface area contributed by atoms with E-state index in [0.717, 1.165) is 0 Å². The van der Waals surface area contributed by atoms with E-state index in [0.29, 0.717) is 0 Å². The van der Waals surface area contributed by atoms with E-state index in [1.807, 2.05) is 5.32 Å². The van der Waals surface area contributed by atoms with Crippen molar-refractivity contribution in [3.05, 3.63) is 0 Å². The molecular weight excluding hydrogens is 422 g/mol. The van der Waals surface area contributed by atoms with Crippen LogP contribution in [0.2, 0.25) is 0 Å². The van der Waals surface area contributed by atoms with Crippen LogP contribution in [-0.2, 0) is 28.8 Å². The third kappa shape index (κ3) is 10.9. The number of nitrogens with two attached hydrogens (primary N) is 2. The van der Waals surface area contributed by atoms with E-state index in [-0.39, 0.29) is 12.8 Å². The summed E-state index contributed by atoms with van der Waals surface area (Å²) in [4.78, 5) is 69.6. The lowest BCUT2D eigenvalue weighted by Gasteiger charge is -2.24. The molecule has 4 amide bonds. The Balaban J connectivity index is 5.48. The Bertz CT molecular complexity index is 686. The molecule has 0 aromatic carbocycles. The maximum Gasteiger partial charge on any atom is 0.328 e. The van der Waals surface area contributed by atoms with Gasteiger partial charge in [-0.3, -0.25) is 24.0 Å². The minimum atomic E-state index is -1.69. The van der Waals surface area contributed by atoms with Gasteiger partial charge in [0.05, 0.1) is 13.2 Å². The van der Waals surface area contributed by atoms with Crippen LogP contribution >= 0.6 is 0 Å². The second-order valence-corrected chi connectivity index (χ2v) is 6.43. The Labute approximate surface area is 176 Å². The molecule has 0 fully saturated rings. The van der Waals surface area contributed by atoms with Gasteiger partial charge in [0.2, 0.25) is 23.6 Å². The van der Waals surface area contributed by atoms with Crippen LogP contribution < -0.4 is 27.4 Å². The summed E-state index contributed by atoms with van der Waals surface area (Å²) in [5.74, 6) is -6.72. The SMILES string of the molecule is NC(=O)CCC(NC(=O)C(CCC(=O)O)NC(=O)C(N)CO)C(=O)NC(CO)C(=O)O. The van der Waals surface area contributed by atoms with Gasteiger partial charge in [-0.15, -0.1) is 0 Å². The lowest BCUT2D eigenvalue weighted by molar-refractivity contribution is -0.143. The summed E-state index contributed by atoms with van der Waals surface area (Å²) in [6, 6.07) is -6.05. The standard InChI is InChI=1S/C16H27N5O10/c17-7(5-22)13(27)19-9(2-4-12(25)26)14(28)20-8(1-3-11(18)24)15(29)21-10(6-23)16(30)31/h7-10,22-23H,1-6,17H2,(H2,18,24)(H,19,27)(H,20,28)(H,21,29)(H,25,26)(H,30,31). The number of carbonyl (C=O) groups excluding carboxylic acids is 4. The van der Waals surface area contributed by atoms with Crippen LogP contribution in [0, 0.1) is 0 Å². The molecule has 4 atom stereocenters. The van der Waals surface area contributed by atoms with Crippen LogP contribution in [0.15, 0.2) is 0 Å². The molecule has 176 valence electrons. The first-order valence-electron chi connectivity index (χ1n) is 9.04. The molecule has 0 saturated heterocycles. The third-order valence-corrected chi connectivity index (χ3v) is 3.92. The Morgan fingerprint density at radius 1 is 0.710 bits per heavy atom. The molecule has 0 spiro atoms. The van der Waals surface area contributed by atoms with E-state index in [4.69, 9.17) is 31.9 Å². The predicted octanol–water partition coefficient (Wildman–Crippen LogP) is -5.03. The highest BCUT2D eigenvalue weighted by Gasteiger charge is 2.30. The van der Waals surface area contributed by atoms with Crippen LogP contribution in [0.5, 0.6) is 0 Å². The summed E-state index contributed by atoms with van der Waals surface area (Å²) < 4.78 is 0. The number of aliphatic hydroxyl groups excluding tert-OH is 2. The Morgan fingerprint density at radius 3 is 1.55 bits per heavy atom. The number of primary amides is 1. The number of amides is 4. The van der Waals surface area contributed by atoms with E-state index < -0.39 is 85.8 Å². The number of aliphatic carboxylic acids is 2. The molecule has 15 heteroatoms. The van der Waals surface area contributed by atoms with Gasteiger partial charge >= 0.3 is 11.9 Å². The molecule has 0 aliphatic heterocycles. The smallest absolute Gasteiger partial charge is 0.328 e. The largest absolute Gasteiger partial charge is 0.481 e. The molecule has 0 aromatic heterocycles. The topological polar surface area (TPSA) is 271 Å². The maximum atomic E-state index is 12.6. The third-order valence-electron chi connectivity index (χ3n) is 3.92. The fourth-order valence-electron chi connectivity index (χ4n) is 2.18. The fraction of sp³-hybridized carbons (Fsp3) is 0.625. The summed E-state index contributed by atoms with van der Waals surface area (Å²) in [6.07, 6.45) is -1.67. The molecule has 0 aliphatic rings. The van der Waals surface area contributed by atoms with Crippen LogP contribution in [0.3, 0.4) is 0 Å². The second-order valence-electron chi connectivity index (χ2n) is 6.43. The molecule has 11 N–H and O–H groups in total. The lowest BCUT2D eigenvalue weighted by atomic mass is 10.1. The average molecular weight is 449 g/mol. The molecule has 4 unspecified atom stereocenters. The first-order valence-corrected chi connectivity index (χ1v) is 9.04. The van der Waals surface area contributed by atoms with Crippen LogP contribution in [0.4, 0.5) is 0 Å². The Morgan fingerprint density at radius 2 is 1.16 bits per heavy atom. The van der Waals surface area contributed by atoms with Crippen LogP contribution in [0.25, 0.3) is 0 Å². The van der Waals surface area contributed by atoms with Crippen molar-refractivity contribution in [2.45, 2.75) is 49.9 Å². The molecule has 0 bridgehead atoms. The number of aliphatic hydroxyl groups is 2. The summed E-state index contributed by atoms with van der Waals surface area (Å²) in [5, 5.41) is 42.0. The molecule has 15 nitrogen and oxygen atoms in total. The molecule has 0 radical (unpaired) electrons. The highest BCUT2D eigenvalue weighted by Crippen LogP contribution is 2.04. The van der Waals surface area contributed by atoms with Gasteiger partial charge in [0.1, 0.15) is 24.2 Å². The van der Waals surface area contributed by atoms with Crippen molar-refractivity contribution < 1.29 is 49.2 Å². The molecule has 0 heterocycles. The fourth-order valence-corrected chi connectivity index (χ4v) is 2.18. The van der Waals surface area contributed by atoms with Gasteiger partial charge in [-0.1, -0.05) is 0 Å². The number of rotatable bonds is 15. The van der Waals surface area contributed by atoms with Crippen molar-refractivity contribution >= 4 is 35.6 Å². The molecule has 0 aliphatic carbocycles. The van der Waals surface area contributed by atoms with Crippen molar-refractivity contribution in [1.29, 1.82) is 0 Å². The zero-order chi connectivity index (χ0) is 24.1. The van der Waals surface area contributed by atoms with Crippen molar-refractivity contribution in [1.82, 2.24) is 16.0 Å². The Hall–Kier alpha value is -3.30. The van der Waals surface area contributed by atoms with Crippen molar-refractivity contribution in [3.63, 3.8) is 0 Å². The zero-order valence-corrected chi connectivity index (χ0v) is 16.4. The first kappa shape index (κ1) is 27.7. The van der Waals surface area contributed by atoms with E-state index in [2.05, 4.69) is 10.6 Å². The quantitative estimate of drug-likeness (QED) is 0.114. The second kappa shape index (κ2) is 13.8. The van der Waals surface area contributed by atoms with E-state index >= 15 is 0 Å². The van der Waals surface area contributed by atoms with Crippen molar-refractivity contribution in [2.75, 3.05) is 13.2 Å². The summed E-state index contributed by atoms with van der Waals surface area (Å²) in [6.45, 7) is -1.70. The summed E-state index contributed by atoms with van der Waals surface area (Å²) in [7, 11) is 0. The van der Waals surface area contributed by atoms with Crippen LogP contribution in [0.1, 0.15) is 25.7 Å². The molecule has 0 rings (SSSR count). The molecule has 0 aromatic rings. The normalized spacial score (nSPS) is 14.4. The van der Waals surface area contributed by atoms with Crippen LogP contribution in [-0.4, -0.2) is 93.4 Å². The number of carbonyl (C=O) groups is 6. The number of carboxylic acids is 2. The monoisotopic (exact) mass is 449 g/mol. The van der Waals surface area contributed by atoms with Gasteiger partial charge in [0, 0.05) is 12.8 Å². The number of hydrogen-bond acceptors (Lipinski definition) is 9. The highest BCUT2D eigenvalue weighted by molar-refractivity contribution is 5.94. The van der Waals surface area contributed by atoms with Gasteiger partial charge in [-0.25, -0.2) is 4.79 Å². The van der Waals surface area contributed by atoms with Gasteiger partial charge in [0.15, 0.2) is 0 Å². The average Bonchev–Trinajstić information content (AvgIpc) is 2.70. The summed E-state index contributed by atoms with van der Waals surface area (Å²) in [5.41, 5.74) is 10.4. The van der Waals surface area contributed by atoms with Gasteiger partial charge < -0.3 is 47.8 Å². The maximum absolute atomic E-state index is 12.6. The molecule has 31 heavy (non-hydrogen) atoms. The van der Waals surface area contributed by atoms with Crippen molar-refractivity contribution in [2.24, 2.45) is 11.5 Å². The number of hydrogen-bond donors (Lipinski definition) is 9.